The van der Waals surface area contributed by atoms with Crippen LogP contribution in [0.5, 0.6) is 0 Å². The minimum Gasteiger partial charge on any atom is -0.294 e. The van der Waals surface area contributed by atoms with Gasteiger partial charge in [0, 0.05) is 5.92 Å². The van der Waals surface area contributed by atoms with Gasteiger partial charge in [-0.05, 0) is 32.3 Å². The summed E-state index contributed by atoms with van der Waals surface area (Å²) in [6.45, 7) is 6.06. The average Bonchev–Trinajstić information content (AvgIpc) is 2.25. The molecule has 1 rings (SSSR count). The van der Waals surface area contributed by atoms with E-state index in [1.165, 1.54) is 5.57 Å². The third kappa shape index (κ3) is 1.66. The second kappa shape index (κ2) is 3.70. The van der Waals surface area contributed by atoms with E-state index in [0.717, 1.165) is 18.4 Å². The van der Waals surface area contributed by atoms with Crippen molar-refractivity contribution in [3.05, 3.63) is 23.3 Å². The van der Waals surface area contributed by atoms with Crippen LogP contribution < -0.4 is 0 Å². The van der Waals surface area contributed by atoms with Crippen molar-refractivity contribution in [2.75, 3.05) is 0 Å². The largest absolute Gasteiger partial charge is 0.294 e. The number of Topliss-reactive ketones (excluding diaryl/α,β-unsaturated/α-hetero) is 1. The zero-order valence-corrected chi connectivity index (χ0v) is 8.05. The van der Waals surface area contributed by atoms with E-state index in [1.807, 2.05) is 19.9 Å². The lowest BCUT2D eigenvalue weighted by Gasteiger charge is -1.98. The van der Waals surface area contributed by atoms with Crippen molar-refractivity contribution < 1.29 is 4.79 Å². The van der Waals surface area contributed by atoms with E-state index in [1.54, 1.807) is 0 Å². The van der Waals surface area contributed by atoms with Gasteiger partial charge in [-0.1, -0.05) is 24.6 Å². The molecule has 1 atom stereocenters. The van der Waals surface area contributed by atoms with Gasteiger partial charge in [-0.15, -0.1) is 0 Å². The van der Waals surface area contributed by atoms with Gasteiger partial charge < -0.3 is 0 Å². The molecule has 12 heavy (non-hydrogen) atoms. The maximum Gasteiger partial charge on any atom is 0.162 e. The van der Waals surface area contributed by atoms with Gasteiger partial charge in [0.25, 0.3) is 0 Å². The lowest BCUT2D eigenvalue weighted by molar-refractivity contribution is -0.117. The van der Waals surface area contributed by atoms with Gasteiger partial charge in [0.15, 0.2) is 5.78 Å². The van der Waals surface area contributed by atoms with Crippen molar-refractivity contribution in [1.29, 1.82) is 0 Å². The lowest BCUT2D eigenvalue weighted by atomic mass is 10.0. The molecule has 0 aliphatic heterocycles. The van der Waals surface area contributed by atoms with Gasteiger partial charge >= 0.3 is 0 Å². The molecule has 0 spiro atoms. The third-order valence-corrected chi connectivity index (χ3v) is 2.43. The summed E-state index contributed by atoms with van der Waals surface area (Å²) in [5, 5.41) is 0. The second-order valence-electron chi connectivity index (χ2n) is 3.50. The van der Waals surface area contributed by atoms with E-state index in [2.05, 4.69) is 13.0 Å². The molecular weight excluding hydrogens is 148 g/mol. The van der Waals surface area contributed by atoms with Crippen LogP contribution in [0.15, 0.2) is 23.3 Å². The number of carbonyl (C=O) groups is 1. The Morgan fingerprint density at radius 1 is 1.58 bits per heavy atom. The summed E-state index contributed by atoms with van der Waals surface area (Å²) in [4.78, 5) is 11.5. The smallest absolute Gasteiger partial charge is 0.162 e. The first-order valence-corrected chi connectivity index (χ1v) is 4.50. The molecule has 0 N–H and O–H groups in total. The lowest BCUT2D eigenvalue weighted by Crippen LogP contribution is -2.05. The highest BCUT2D eigenvalue weighted by atomic mass is 16.1. The van der Waals surface area contributed by atoms with E-state index in [0.29, 0.717) is 5.78 Å². The fraction of sp³-hybridized carbons (Fsp3) is 0.545. The average molecular weight is 164 g/mol. The molecular formula is C11H16O. The summed E-state index contributed by atoms with van der Waals surface area (Å²) in [6.07, 6.45) is 5.84. The highest BCUT2D eigenvalue weighted by molar-refractivity contribution is 6.00. The van der Waals surface area contributed by atoms with Crippen LogP contribution in [0.25, 0.3) is 0 Å². The first-order valence-electron chi connectivity index (χ1n) is 4.50. The van der Waals surface area contributed by atoms with Crippen molar-refractivity contribution in [3.63, 3.8) is 0 Å². The number of rotatable bonds is 2. The normalized spacial score (nSPS) is 24.6. The maximum absolute atomic E-state index is 11.5. The number of hydrogen-bond donors (Lipinski definition) is 0. The second-order valence-corrected chi connectivity index (χ2v) is 3.50. The first kappa shape index (κ1) is 9.24. The molecule has 66 valence electrons. The predicted octanol–water partition coefficient (Wildman–Crippen LogP) is 2.88. The van der Waals surface area contributed by atoms with Crippen LogP contribution in [0.4, 0.5) is 0 Å². The molecule has 1 aliphatic rings. The summed E-state index contributed by atoms with van der Waals surface area (Å²) >= 11 is 0. The molecule has 0 heterocycles. The van der Waals surface area contributed by atoms with E-state index in [9.17, 15) is 4.79 Å². The van der Waals surface area contributed by atoms with Crippen molar-refractivity contribution >= 4 is 5.78 Å². The topological polar surface area (TPSA) is 17.1 Å². The van der Waals surface area contributed by atoms with E-state index < -0.39 is 0 Å². The Morgan fingerprint density at radius 2 is 2.25 bits per heavy atom. The summed E-state index contributed by atoms with van der Waals surface area (Å²) < 4.78 is 0. The van der Waals surface area contributed by atoms with Gasteiger partial charge in [0.2, 0.25) is 0 Å². The van der Waals surface area contributed by atoms with Crippen LogP contribution in [0.3, 0.4) is 0 Å². The van der Waals surface area contributed by atoms with Crippen LogP contribution >= 0.6 is 0 Å². The van der Waals surface area contributed by atoms with Crippen molar-refractivity contribution in [3.8, 4) is 0 Å². The number of carbonyl (C=O) groups excluding carboxylic acids is 1. The van der Waals surface area contributed by atoms with Gasteiger partial charge in [-0.25, -0.2) is 0 Å². The van der Waals surface area contributed by atoms with E-state index in [4.69, 9.17) is 0 Å². The molecule has 0 amide bonds. The minimum atomic E-state index is 0.227. The molecule has 1 unspecified atom stereocenters. The highest BCUT2D eigenvalue weighted by Gasteiger charge is 2.25. The Morgan fingerprint density at radius 3 is 2.67 bits per heavy atom. The Bertz CT molecular complexity index is 246. The molecule has 0 saturated carbocycles. The molecule has 0 bridgehead atoms. The number of ketones is 1. The quantitative estimate of drug-likeness (QED) is 0.573. The van der Waals surface area contributed by atoms with Crippen molar-refractivity contribution in [2.24, 2.45) is 5.92 Å². The highest BCUT2D eigenvalue weighted by Crippen LogP contribution is 2.29. The van der Waals surface area contributed by atoms with Crippen molar-refractivity contribution in [2.45, 2.75) is 33.6 Å². The van der Waals surface area contributed by atoms with Crippen molar-refractivity contribution in [1.82, 2.24) is 0 Å². The third-order valence-electron chi connectivity index (χ3n) is 2.43. The SMILES string of the molecule is CC=CCC1=C(C)CC(C)C1=O. The van der Waals surface area contributed by atoms with Crippen LogP contribution in [-0.2, 0) is 4.79 Å². The minimum absolute atomic E-state index is 0.227. The molecule has 1 heteroatoms. The fourth-order valence-corrected chi connectivity index (χ4v) is 1.69. The zero-order valence-electron chi connectivity index (χ0n) is 8.05. The van der Waals surface area contributed by atoms with Crippen LogP contribution in [-0.4, -0.2) is 5.78 Å². The number of allylic oxidation sites excluding steroid dienone is 4. The Hall–Kier alpha value is -0.850. The van der Waals surface area contributed by atoms with Gasteiger partial charge in [-0.3, -0.25) is 4.79 Å². The first-order chi connectivity index (χ1) is 5.66. The Labute approximate surface area is 74.2 Å². The van der Waals surface area contributed by atoms with Crippen LogP contribution in [0.1, 0.15) is 33.6 Å². The molecule has 0 aromatic heterocycles. The monoisotopic (exact) mass is 164 g/mol. The van der Waals surface area contributed by atoms with Crippen LogP contribution in [0.2, 0.25) is 0 Å². The predicted molar refractivity (Wildman–Crippen MR) is 50.9 cm³/mol. The summed E-state index contributed by atoms with van der Waals surface area (Å²) in [5.74, 6) is 0.579. The standard InChI is InChI=1S/C11H16O/c1-4-5-6-10-8(2)7-9(3)11(10)12/h4-5,9H,6-7H2,1-3H3. The molecule has 1 aliphatic carbocycles. The van der Waals surface area contributed by atoms with Crippen LogP contribution in [0, 0.1) is 5.92 Å². The van der Waals surface area contributed by atoms with Gasteiger partial charge in [0.1, 0.15) is 0 Å². The molecule has 0 aromatic carbocycles. The molecule has 0 aromatic rings. The van der Waals surface area contributed by atoms with Gasteiger partial charge in [-0.2, -0.15) is 0 Å². The fourth-order valence-electron chi connectivity index (χ4n) is 1.69. The Kier molecular flexibility index (Phi) is 2.85. The molecule has 0 fully saturated rings. The number of hydrogen-bond acceptors (Lipinski definition) is 1. The van der Waals surface area contributed by atoms with Gasteiger partial charge in [0.05, 0.1) is 0 Å². The van der Waals surface area contributed by atoms with E-state index >= 15 is 0 Å². The maximum atomic E-state index is 11.5. The zero-order chi connectivity index (χ0) is 9.14. The molecule has 0 saturated heterocycles. The summed E-state index contributed by atoms with van der Waals surface area (Å²) in [5.41, 5.74) is 2.33. The van der Waals surface area contributed by atoms with E-state index in [-0.39, 0.29) is 5.92 Å². The molecule has 1 nitrogen and oxygen atoms in total. The summed E-state index contributed by atoms with van der Waals surface area (Å²) in [7, 11) is 0. The Balaban J connectivity index is 2.74. The molecule has 0 radical (unpaired) electrons. The summed E-state index contributed by atoms with van der Waals surface area (Å²) in [6, 6.07) is 0.